The summed E-state index contributed by atoms with van der Waals surface area (Å²) >= 11 is 0. The van der Waals surface area contributed by atoms with Crippen LogP contribution in [0.4, 0.5) is 5.69 Å². The lowest BCUT2D eigenvalue weighted by Crippen LogP contribution is -2.15. The third kappa shape index (κ3) is 2.02. The molecule has 1 aliphatic carbocycles. The van der Waals surface area contributed by atoms with Crippen molar-refractivity contribution < 1.29 is 0 Å². The van der Waals surface area contributed by atoms with Crippen molar-refractivity contribution >= 4 is 5.69 Å². The number of hydrogen-bond acceptors (Lipinski definition) is 3. The van der Waals surface area contributed by atoms with Crippen LogP contribution in [-0.2, 0) is 0 Å². The summed E-state index contributed by atoms with van der Waals surface area (Å²) in [5, 5.41) is 12.2. The quantitative estimate of drug-likeness (QED) is 0.772. The average molecular weight is 187 g/mol. The first-order valence-electron chi connectivity index (χ1n) is 4.94. The van der Waals surface area contributed by atoms with Crippen molar-refractivity contribution in [1.29, 1.82) is 5.26 Å². The molecule has 0 amide bonds. The highest BCUT2D eigenvalue weighted by molar-refractivity contribution is 5.42. The van der Waals surface area contributed by atoms with E-state index in [1.807, 2.05) is 12.1 Å². The Morgan fingerprint density at radius 3 is 2.79 bits per heavy atom. The van der Waals surface area contributed by atoms with Gasteiger partial charge in [0, 0.05) is 30.0 Å². The summed E-state index contributed by atoms with van der Waals surface area (Å²) in [4.78, 5) is 3.96. The Kier molecular flexibility index (Phi) is 2.64. The summed E-state index contributed by atoms with van der Waals surface area (Å²) in [6.07, 6.45) is 6.65. The number of rotatable bonds is 2. The maximum Gasteiger partial charge on any atom is 0.0656 e. The number of nitrogens with zero attached hydrogens (tertiary/aromatic N) is 2. The number of nitriles is 1. The minimum absolute atomic E-state index is 0.245. The lowest BCUT2D eigenvalue weighted by atomic mass is 10.1. The van der Waals surface area contributed by atoms with Crippen molar-refractivity contribution in [3.05, 3.63) is 24.5 Å². The second-order valence-corrected chi connectivity index (χ2v) is 3.72. The Bertz CT molecular complexity index is 328. The van der Waals surface area contributed by atoms with Crippen LogP contribution in [0.15, 0.2) is 24.5 Å². The monoisotopic (exact) mass is 187 g/mol. The summed E-state index contributed by atoms with van der Waals surface area (Å²) in [5.41, 5.74) is 1.10. The van der Waals surface area contributed by atoms with Crippen LogP contribution in [0, 0.1) is 17.2 Å². The molecule has 0 bridgehead atoms. The van der Waals surface area contributed by atoms with Crippen LogP contribution in [0.5, 0.6) is 0 Å². The van der Waals surface area contributed by atoms with Crippen LogP contribution in [-0.4, -0.2) is 11.0 Å². The maximum absolute atomic E-state index is 8.76. The predicted molar refractivity (Wildman–Crippen MR) is 54.6 cm³/mol. The molecule has 2 atom stereocenters. The molecule has 14 heavy (non-hydrogen) atoms. The molecule has 72 valence electrons. The first kappa shape index (κ1) is 9.01. The van der Waals surface area contributed by atoms with E-state index < -0.39 is 0 Å². The van der Waals surface area contributed by atoms with Gasteiger partial charge in [-0.2, -0.15) is 5.26 Å². The minimum atomic E-state index is 0.245. The summed E-state index contributed by atoms with van der Waals surface area (Å²) in [7, 11) is 0. The van der Waals surface area contributed by atoms with E-state index in [9.17, 15) is 0 Å². The third-order valence-electron chi connectivity index (χ3n) is 2.67. The van der Waals surface area contributed by atoms with E-state index in [1.165, 1.54) is 0 Å². The van der Waals surface area contributed by atoms with Crippen molar-refractivity contribution in [2.24, 2.45) is 5.92 Å². The molecule has 3 nitrogen and oxygen atoms in total. The molecule has 2 rings (SSSR count). The Morgan fingerprint density at radius 1 is 1.36 bits per heavy atom. The molecule has 1 fully saturated rings. The van der Waals surface area contributed by atoms with Gasteiger partial charge in [-0.15, -0.1) is 0 Å². The lowest BCUT2D eigenvalue weighted by Gasteiger charge is -2.12. The predicted octanol–water partition coefficient (Wildman–Crippen LogP) is 2.19. The van der Waals surface area contributed by atoms with Gasteiger partial charge in [-0.3, -0.25) is 4.98 Å². The van der Waals surface area contributed by atoms with Crippen molar-refractivity contribution in [3.63, 3.8) is 0 Å². The standard InChI is InChI=1S/C11H13N3/c12-8-9-1-2-11(7-9)14-10-3-5-13-6-4-10/h3-6,9,11H,1-2,7H2,(H,13,14). The van der Waals surface area contributed by atoms with Gasteiger partial charge in [0.05, 0.1) is 6.07 Å². The molecule has 1 aromatic rings. The fourth-order valence-electron chi connectivity index (χ4n) is 1.91. The molecule has 0 aliphatic heterocycles. The largest absolute Gasteiger partial charge is 0.382 e. The molecule has 0 radical (unpaired) electrons. The molecule has 0 saturated heterocycles. The highest BCUT2D eigenvalue weighted by Gasteiger charge is 2.23. The molecule has 1 aliphatic rings. The topological polar surface area (TPSA) is 48.7 Å². The van der Waals surface area contributed by atoms with E-state index in [0.29, 0.717) is 6.04 Å². The summed E-state index contributed by atoms with van der Waals surface area (Å²) in [6.45, 7) is 0. The van der Waals surface area contributed by atoms with Crippen LogP contribution in [0.1, 0.15) is 19.3 Å². The van der Waals surface area contributed by atoms with Gasteiger partial charge in [-0.05, 0) is 31.4 Å². The van der Waals surface area contributed by atoms with Crippen molar-refractivity contribution in [2.45, 2.75) is 25.3 Å². The molecule has 0 aromatic carbocycles. The van der Waals surface area contributed by atoms with Crippen LogP contribution in [0.3, 0.4) is 0 Å². The summed E-state index contributed by atoms with van der Waals surface area (Å²) in [5.74, 6) is 0.245. The molecule has 1 N–H and O–H groups in total. The molecule has 1 aromatic heterocycles. The van der Waals surface area contributed by atoms with Crippen molar-refractivity contribution in [3.8, 4) is 6.07 Å². The normalized spacial score (nSPS) is 25.6. The molecule has 0 spiro atoms. The summed E-state index contributed by atoms with van der Waals surface area (Å²) in [6, 6.07) is 6.70. The second kappa shape index (κ2) is 4.10. The van der Waals surface area contributed by atoms with E-state index in [0.717, 1.165) is 24.9 Å². The van der Waals surface area contributed by atoms with E-state index in [2.05, 4.69) is 16.4 Å². The Hall–Kier alpha value is -1.56. The van der Waals surface area contributed by atoms with E-state index in [-0.39, 0.29) is 5.92 Å². The zero-order valence-corrected chi connectivity index (χ0v) is 7.98. The van der Waals surface area contributed by atoms with Crippen LogP contribution >= 0.6 is 0 Å². The van der Waals surface area contributed by atoms with E-state index in [4.69, 9.17) is 5.26 Å². The minimum Gasteiger partial charge on any atom is -0.382 e. The first-order valence-corrected chi connectivity index (χ1v) is 4.94. The first-order chi connectivity index (χ1) is 6.88. The molecule has 2 unspecified atom stereocenters. The number of pyridine rings is 1. The highest BCUT2D eigenvalue weighted by atomic mass is 14.9. The zero-order chi connectivity index (χ0) is 9.80. The van der Waals surface area contributed by atoms with Gasteiger partial charge in [-0.25, -0.2) is 0 Å². The fourth-order valence-corrected chi connectivity index (χ4v) is 1.91. The zero-order valence-electron chi connectivity index (χ0n) is 7.98. The molecule has 1 saturated carbocycles. The maximum atomic E-state index is 8.76. The van der Waals surface area contributed by atoms with Crippen LogP contribution in [0.25, 0.3) is 0 Å². The van der Waals surface area contributed by atoms with Gasteiger partial charge in [0.1, 0.15) is 0 Å². The Balaban J connectivity index is 1.91. The molecular weight excluding hydrogens is 174 g/mol. The number of anilines is 1. The van der Waals surface area contributed by atoms with Crippen LogP contribution in [0.2, 0.25) is 0 Å². The second-order valence-electron chi connectivity index (χ2n) is 3.72. The number of nitrogens with one attached hydrogen (secondary N) is 1. The smallest absolute Gasteiger partial charge is 0.0656 e. The van der Waals surface area contributed by atoms with Gasteiger partial charge in [0.2, 0.25) is 0 Å². The highest BCUT2D eigenvalue weighted by Crippen LogP contribution is 2.27. The average Bonchev–Trinajstić information content (AvgIpc) is 2.67. The van der Waals surface area contributed by atoms with Crippen molar-refractivity contribution in [2.75, 3.05) is 5.32 Å². The van der Waals surface area contributed by atoms with Crippen molar-refractivity contribution in [1.82, 2.24) is 4.98 Å². The molecule has 1 heterocycles. The van der Waals surface area contributed by atoms with Crippen LogP contribution < -0.4 is 5.32 Å². The van der Waals surface area contributed by atoms with Gasteiger partial charge in [0.25, 0.3) is 0 Å². The fraction of sp³-hybridized carbons (Fsp3) is 0.455. The Labute approximate surface area is 83.8 Å². The van der Waals surface area contributed by atoms with E-state index in [1.54, 1.807) is 12.4 Å². The number of aromatic nitrogens is 1. The Morgan fingerprint density at radius 2 is 2.14 bits per heavy atom. The number of hydrogen-bond donors (Lipinski definition) is 1. The van der Waals surface area contributed by atoms with Gasteiger partial charge >= 0.3 is 0 Å². The SMILES string of the molecule is N#CC1CCC(Nc2ccncc2)C1. The third-order valence-corrected chi connectivity index (χ3v) is 2.67. The molecule has 3 heteroatoms. The van der Waals surface area contributed by atoms with Gasteiger partial charge in [-0.1, -0.05) is 0 Å². The van der Waals surface area contributed by atoms with Gasteiger partial charge < -0.3 is 5.32 Å². The van der Waals surface area contributed by atoms with E-state index >= 15 is 0 Å². The molecular formula is C11H13N3. The lowest BCUT2D eigenvalue weighted by molar-refractivity contribution is 0.684. The van der Waals surface area contributed by atoms with Gasteiger partial charge in [0.15, 0.2) is 0 Å². The summed E-state index contributed by atoms with van der Waals surface area (Å²) < 4.78 is 0.